The molecule has 1 aromatic rings. The van der Waals surface area contributed by atoms with Gasteiger partial charge in [0.2, 0.25) is 0 Å². The molecule has 15 heavy (non-hydrogen) atoms. The van der Waals surface area contributed by atoms with Crippen LogP contribution in [0.3, 0.4) is 0 Å². The molecule has 1 heterocycles. The lowest BCUT2D eigenvalue weighted by atomic mass is 9.79. The first-order valence-electron chi connectivity index (χ1n) is 5.52. The molecule has 3 unspecified atom stereocenters. The summed E-state index contributed by atoms with van der Waals surface area (Å²) >= 11 is 7.38. The number of hydrogen-bond donors (Lipinski definition) is 1. The van der Waals surface area contributed by atoms with Gasteiger partial charge in [-0.3, -0.25) is 0 Å². The summed E-state index contributed by atoms with van der Waals surface area (Å²) in [6, 6.07) is 0.582. The van der Waals surface area contributed by atoms with Crippen molar-refractivity contribution in [2.75, 3.05) is 5.32 Å². The van der Waals surface area contributed by atoms with E-state index in [1.54, 1.807) is 11.3 Å². The Bertz CT molecular complexity index is 326. The SMILES string of the molecule is CC1CCC(Nc2nc(Cl)cs2)CC1C. The van der Waals surface area contributed by atoms with Crippen molar-refractivity contribution in [3.63, 3.8) is 0 Å². The Morgan fingerprint density at radius 3 is 2.80 bits per heavy atom. The van der Waals surface area contributed by atoms with Crippen LogP contribution in [0.1, 0.15) is 33.1 Å². The van der Waals surface area contributed by atoms with Gasteiger partial charge in [-0.1, -0.05) is 25.4 Å². The number of anilines is 1. The van der Waals surface area contributed by atoms with Gasteiger partial charge in [0.25, 0.3) is 0 Å². The minimum atomic E-state index is 0.582. The highest BCUT2D eigenvalue weighted by molar-refractivity contribution is 7.14. The van der Waals surface area contributed by atoms with Crippen LogP contribution in [0, 0.1) is 11.8 Å². The highest BCUT2D eigenvalue weighted by Crippen LogP contribution is 2.31. The van der Waals surface area contributed by atoms with E-state index in [1.807, 2.05) is 5.38 Å². The number of thiazole rings is 1. The Morgan fingerprint density at radius 1 is 1.40 bits per heavy atom. The van der Waals surface area contributed by atoms with Crippen molar-refractivity contribution in [1.82, 2.24) is 4.98 Å². The van der Waals surface area contributed by atoms with Crippen LogP contribution < -0.4 is 5.32 Å². The molecule has 1 aliphatic carbocycles. The summed E-state index contributed by atoms with van der Waals surface area (Å²) < 4.78 is 0. The van der Waals surface area contributed by atoms with Crippen LogP contribution in [0.15, 0.2) is 5.38 Å². The predicted octanol–water partition coefficient (Wildman–Crippen LogP) is 4.03. The van der Waals surface area contributed by atoms with Crippen LogP contribution in [0.4, 0.5) is 5.13 Å². The third-order valence-electron chi connectivity index (χ3n) is 3.40. The molecule has 0 amide bonds. The van der Waals surface area contributed by atoms with Gasteiger partial charge in [-0.15, -0.1) is 11.3 Å². The third kappa shape index (κ3) is 2.85. The monoisotopic (exact) mass is 244 g/mol. The molecule has 2 rings (SSSR count). The Kier molecular flexibility index (Phi) is 3.52. The first kappa shape index (κ1) is 11.2. The minimum Gasteiger partial charge on any atom is -0.359 e. The van der Waals surface area contributed by atoms with Gasteiger partial charge in [0.05, 0.1) is 0 Å². The summed E-state index contributed by atoms with van der Waals surface area (Å²) in [5.74, 6) is 1.68. The zero-order chi connectivity index (χ0) is 10.8. The summed E-state index contributed by atoms with van der Waals surface area (Å²) in [5, 5.41) is 6.91. The van der Waals surface area contributed by atoms with Crippen molar-refractivity contribution in [1.29, 1.82) is 0 Å². The van der Waals surface area contributed by atoms with E-state index in [2.05, 4.69) is 24.1 Å². The number of aromatic nitrogens is 1. The summed E-state index contributed by atoms with van der Waals surface area (Å²) in [5.41, 5.74) is 0. The Hall–Kier alpha value is -0.280. The van der Waals surface area contributed by atoms with Crippen LogP contribution in [0.2, 0.25) is 5.15 Å². The lowest BCUT2D eigenvalue weighted by Gasteiger charge is -2.32. The maximum atomic E-state index is 5.79. The normalized spacial score (nSPS) is 31.5. The Balaban J connectivity index is 1.90. The van der Waals surface area contributed by atoms with Gasteiger partial charge in [-0.25, -0.2) is 4.98 Å². The lowest BCUT2D eigenvalue weighted by Crippen LogP contribution is -2.30. The van der Waals surface area contributed by atoms with E-state index in [0.717, 1.165) is 17.0 Å². The van der Waals surface area contributed by atoms with Gasteiger partial charge >= 0.3 is 0 Å². The van der Waals surface area contributed by atoms with Crippen LogP contribution in [0.25, 0.3) is 0 Å². The molecule has 3 atom stereocenters. The highest BCUT2D eigenvalue weighted by atomic mass is 35.5. The number of halogens is 1. The Labute approximate surface area is 100 Å². The number of nitrogens with one attached hydrogen (secondary N) is 1. The van der Waals surface area contributed by atoms with Gasteiger partial charge in [0.1, 0.15) is 5.15 Å². The molecular weight excluding hydrogens is 228 g/mol. The summed E-state index contributed by atoms with van der Waals surface area (Å²) in [4.78, 5) is 4.22. The summed E-state index contributed by atoms with van der Waals surface area (Å²) in [7, 11) is 0. The molecule has 1 fully saturated rings. The average Bonchev–Trinajstić information content (AvgIpc) is 2.58. The largest absolute Gasteiger partial charge is 0.359 e. The second-order valence-corrected chi connectivity index (χ2v) is 5.83. The van der Waals surface area contributed by atoms with E-state index in [1.165, 1.54) is 19.3 Å². The molecule has 0 aromatic carbocycles. The molecule has 4 heteroatoms. The molecule has 1 saturated carbocycles. The molecular formula is C11H17ClN2S. The molecule has 1 aromatic heterocycles. The topological polar surface area (TPSA) is 24.9 Å². The van der Waals surface area contributed by atoms with Crippen LogP contribution in [-0.2, 0) is 0 Å². The fourth-order valence-corrected chi connectivity index (χ4v) is 3.09. The van der Waals surface area contributed by atoms with Gasteiger partial charge in [-0.05, 0) is 31.1 Å². The molecule has 0 saturated heterocycles. The maximum absolute atomic E-state index is 5.79. The molecule has 0 spiro atoms. The first-order chi connectivity index (χ1) is 7.15. The van der Waals surface area contributed by atoms with Crippen molar-refractivity contribution >= 4 is 28.1 Å². The van der Waals surface area contributed by atoms with Crippen LogP contribution >= 0.6 is 22.9 Å². The van der Waals surface area contributed by atoms with E-state index in [9.17, 15) is 0 Å². The van der Waals surface area contributed by atoms with E-state index >= 15 is 0 Å². The van der Waals surface area contributed by atoms with E-state index in [-0.39, 0.29) is 0 Å². The van der Waals surface area contributed by atoms with Crippen molar-refractivity contribution in [2.45, 2.75) is 39.2 Å². The number of rotatable bonds is 2. The first-order valence-corrected chi connectivity index (χ1v) is 6.78. The highest BCUT2D eigenvalue weighted by Gasteiger charge is 2.24. The van der Waals surface area contributed by atoms with E-state index in [0.29, 0.717) is 11.2 Å². The van der Waals surface area contributed by atoms with Gasteiger partial charge in [-0.2, -0.15) is 0 Å². The molecule has 0 radical (unpaired) electrons. The second kappa shape index (κ2) is 4.71. The average molecular weight is 245 g/mol. The maximum Gasteiger partial charge on any atom is 0.184 e. The zero-order valence-corrected chi connectivity index (χ0v) is 10.7. The van der Waals surface area contributed by atoms with Gasteiger partial charge in [0.15, 0.2) is 5.13 Å². The van der Waals surface area contributed by atoms with Gasteiger partial charge in [0, 0.05) is 11.4 Å². The number of nitrogens with zero attached hydrogens (tertiary/aromatic N) is 1. The fourth-order valence-electron chi connectivity index (χ4n) is 2.17. The smallest absolute Gasteiger partial charge is 0.184 e. The minimum absolute atomic E-state index is 0.582. The quantitative estimate of drug-likeness (QED) is 0.850. The van der Waals surface area contributed by atoms with Crippen LogP contribution in [0.5, 0.6) is 0 Å². The molecule has 0 bridgehead atoms. The van der Waals surface area contributed by atoms with E-state index in [4.69, 9.17) is 11.6 Å². The van der Waals surface area contributed by atoms with Crippen LogP contribution in [-0.4, -0.2) is 11.0 Å². The standard InChI is InChI=1S/C11H17ClN2S/c1-7-3-4-9(5-8(7)2)13-11-14-10(12)6-15-11/h6-9H,3-5H2,1-2H3,(H,13,14). The fraction of sp³-hybridized carbons (Fsp3) is 0.727. The van der Waals surface area contributed by atoms with Gasteiger partial charge < -0.3 is 5.32 Å². The second-order valence-electron chi connectivity index (χ2n) is 4.58. The van der Waals surface area contributed by atoms with E-state index < -0.39 is 0 Å². The zero-order valence-electron chi connectivity index (χ0n) is 9.16. The van der Waals surface area contributed by atoms with Crippen molar-refractivity contribution in [2.24, 2.45) is 11.8 Å². The molecule has 2 nitrogen and oxygen atoms in total. The Morgan fingerprint density at radius 2 is 2.20 bits per heavy atom. The predicted molar refractivity (Wildman–Crippen MR) is 66.7 cm³/mol. The van der Waals surface area contributed by atoms with Crippen molar-refractivity contribution in [3.05, 3.63) is 10.5 Å². The summed E-state index contributed by atoms with van der Waals surface area (Å²) in [6.45, 7) is 4.69. The molecule has 1 N–H and O–H groups in total. The lowest BCUT2D eigenvalue weighted by molar-refractivity contribution is 0.261. The van der Waals surface area contributed by atoms with Crippen molar-refractivity contribution < 1.29 is 0 Å². The third-order valence-corrected chi connectivity index (χ3v) is 4.50. The molecule has 0 aliphatic heterocycles. The molecule has 84 valence electrons. The van der Waals surface area contributed by atoms with Crippen molar-refractivity contribution in [3.8, 4) is 0 Å². The summed E-state index contributed by atoms with van der Waals surface area (Å²) in [6.07, 6.45) is 3.82. The number of hydrogen-bond acceptors (Lipinski definition) is 3. The molecule has 1 aliphatic rings.